The summed E-state index contributed by atoms with van der Waals surface area (Å²) >= 11 is 5.91. The Kier molecular flexibility index (Phi) is 6.04. The number of benzene rings is 2. The third kappa shape index (κ3) is 4.31. The van der Waals surface area contributed by atoms with Crippen LogP contribution < -0.4 is 14.8 Å². The molecule has 5 nitrogen and oxygen atoms in total. The molecular weight excluding hydrogens is 340 g/mol. The van der Waals surface area contributed by atoms with Crippen molar-refractivity contribution in [2.75, 3.05) is 19.5 Å². The fourth-order valence-electron chi connectivity index (χ4n) is 2.29. The Bertz CT molecular complexity index is 869. The van der Waals surface area contributed by atoms with Gasteiger partial charge in [-0.05, 0) is 42.8 Å². The highest BCUT2D eigenvalue weighted by Gasteiger charge is 2.14. The highest BCUT2D eigenvalue weighted by Crippen LogP contribution is 2.32. The Labute approximate surface area is 151 Å². The van der Waals surface area contributed by atoms with Crippen molar-refractivity contribution < 1.29 is 14.3 Å². The quantitative estimate of drug-likeness (QED) is 0.643. The van der Waals surface area contributed by atoms with E-state index in [2.05, 4.69) is 5.32 Å². The summed E-state index contributed by atoms with van der Waals surface area (Å²) in [4.78, 5) is 12.4. The number of para-hydroxylation sites is 1. The SMILES string of the molecule is COc1cccc(/C=C(\C#N)C(=O)Nc2ccc(Cl)cc2C)c1OC. The van der Waals surface area contributed by atoms with Gasteiger partial charge in [0.15, 0.2) is 11.5 Å². The van der Waals surface area contributed by atoms with Crippen LogP contribution in [0, 0.1) is 18.3 Å². The zero-order chi connectivity index (χ0) is 18.4. The van der Waals surface area contributed by atoms with E-state index < -0.39 is 5.91 Å². The van der Waals surface area contributed by atoms with Crippen LogP contribution in [0.4, 0.5) is 5.69 Å². The van der Waals surface area contributed by atoms with Gasteiger partial charge in [-0.25, -0.2) is 0 Å². The van der Waals surface area contributed by atoms with Crippen LogP contribution >= 0.6 is 11.6 Å². The van der Waals surface area contributed by atoms with Gasteiger partial charge in [-0.15, -0.1) is 0 Å². The van der Waals surface area contributed by atoms with Gasteiger partial charge in [-0.2, -0.15) is 5.26 Å². The molecule has 128 valence electrons. The number of nitrogens with zero attached hydrogens (tertiary/aromatic N) is 1. The molecule has 0 radical (unpaired) electrons. The van der Waals surface area contributed by atoms with Gasteiger partial charge in [0.05, 0.1) is 14.2 Å². The number of hydrogen-bond donors (Lipinski definition) is 1. The van der Waals surface area contributed by atoms with Crippen molar-refractivity contribution >= 4 is 29.3 Å². The predicted molar refractivity (Wildman–Crippen MR) is 98.0 cm³/mol. The zero-order valence-corrected chi connectivity index (χ0v) is 14.8. The molecule has 0 spiro atoms. The van der Waals surface area contributed by atoms with E-state index in [4.69, 9.17) is 21.1 Å². The molecule has 0 heterocycles. The van der Waals surface area contributed by atoms with Crippen molar-refractivity contribution in [3.8, 4) is 17.6 Å². The largest absolute Gasteiger partial charge is 0.493 e. The lowest BCUT2D eigenvalue weighted by molar-refractivity contribution is -0.112. The minimum Gasteiger partial charge on any atom is -0.493 e. The lowest BCUT2D eigenvalue weighted by Gasteiger charge is -2.11. The number of aryl methyl sites for hydroxylation is 1. The van der Waals surface area contributed by atoms with Crippen molar-refractivity contribution in [1.29, 1.82) is 5.26 Å². The molecule has 1 N–H and O–H groups in total. The molecule has 0 aliphatic heterocycles. The van der Waals surface area contributed by atoms with Gasteiger partial charge in [0, 0.05) is 16.3 Å². The maximum Gasteiger partial charge on any atom is 0.266 e. The molecule has 2 rings (SSSR count). The molecule has 0 bridgehead atoms. The van der Waals surface area contributed by atoms with Crippen LogP contribution in [0.5, 0.6) is 11.5 Å². The maximum atomic E-state index is 12.4. The summed E-state index contributed by atoms with van der Waals surface area (Å²) in [6.07, 6.45) is 1.46. The molecular formula is C19H17ClN2O3. The van der Waals surface area contributed by atoms with E-state index in [1.807, 2.05) is 13.0 Å². The third-order valence-corrected chi connectivity index (χ3v) is 3.77. The van der Waals surface area contributed by atoms with E-state index in [1.165, 1.54) is 20.3 Å². The van der Waals surface area contributed by atoms with Crippen molar-refractivity contribution in [3.05, 3.63) is 58.1 Å². The van der Waals surface area contributed by atoms with Crippen LogP contribution in [0.15, 0.2) is 42.0 Å². The number of methoxy groups -OCH3 is 2. The van der Waals surface area contributed by atoms with E-state index in [9.17, 15) is 10.1 Å². The molecule has 1 amide bonds. The summed E-state index contributed by atoms with van der Waals surface area (Å²) in [5, 5.41) is 12.7. The van der Waals surface area contributed by atoms with Crippen LogP contribution in [0.2, 0.25) is 5.02 Å². The van der Waals surface area contributed by atoms with Gasteiger partial charge in [0.25, 0.3) is 5.91 Å². The minimum absolute atomic E-state index is 0.0547. The van der Waals surface area contributed by atoms with E-state index in [0.29, 0.717) is 27.8 Å². The molecule has 2 aromatic rings. The van der Waals surface area contributed by atoms with Gasteiger partial charge in [0.2, 0.25) is 0 Å². The highest BCUT2D eigenvalue weighted by atomic mass is 35.5. The molecule has 0 saturated heterocycles. The van der Waals surface area contributed by atoms with E-state index in [1.54, 1.807) is 36.4 Å². The average molecular weight is 357 g/mol. The number of nitrogens with one attached hydrogen (secondary N) is 1. The fraction of sp³-hybridized carbons (Fsp3) is 0.158. The number of carbonyl (C=O) groups is 1. The van der Waals surface area contributed by atoms with Gasteiger partial charge < -0.3 is 14.8 Å². The Balaban J connectivity index is 2.35. The zero-order valence-electron chi connectivity index (χ0n) is 14.1. The number of halogens is 1. The number of amides is 1. The normalized spacial score (nSPS) is 10.8. The monoisotopic (exact) mass is 356 g/mol. The number of carbonyl (C=O) groups excluding carboxylic acids is 1. The van der Waals surface area contributed by atoms with Gasteiger partial charge in [0.1, 0.15) is 11.6 Å². The van der Waals surface area contributed by atoms with Crippen LogP contribution in [-0.4, -0.2) is 20.1 Å². The van der Waals surface area contributed by atoms with Crippen molar-refractivity contribution in [2.45, 2.75) is 6.92 Å². The number of anilines is 1. The first kappa shape index (κ1) is 18.4. The van der Waals surface area contributed by atoms with Gasteiger partial charge >= 0.3 is 0 Å². The summed E-state index contributed by atoms with van der Waals surface area (Å²) in [6, 6.07) is 12.2. The summed E-state index contributed by atoms with van der Waals surface area (Å²) in [5.41, 5.74) is 1.91. The van der Waals surface area contributed by atoms with E-state index >= 15 is 0 Å². The molecule has 0 atom stereocenters. The summed E-state index contributed by atoms with van der Waals surface area (Å²) < 4.78 is 10.5. The van der Waals surface area contributed by atoms with Crippen molar-refractivity contribution in [1.82, 2.24) is 0 Å². The Morgan fingerprint density at radius 2 is 2.00 bits per heavy atom. The molecule has 0 aromatic heterocycles. The van der Waals surface area contributed by atoms with Crippen LogP contribution in [0.1, 0.15) is 11.1 Å². The van der Waals surface area contributed by atoms with Crippen molar-refractivity contribution in [2.24, 2.45) is 0 Å². The first-order valence-electron chi connectivity index (χ1n) is 7.40. The molecule has 25 heavy (non-hydrogen) atoms. The molecule has 0 aliphatic rings. The van der Waals surface area contributed by atoms with Gasteiger partial charge in [-0.1, -0.05) is 23.7 Å². The van der Waals surface area contributed by atoms with Crippen LogP contribution in [0.3, 0.4) is 0 Å². The molecule has 0 saturated carbocycles. The fourth-order valence-corrected chi connectivity index (χ4v) is 2.51. The maximum absolute atomic E-state index is 12.4. The smallest absolute Gasteiger partial charge is 0.266 e. The second kappa shape index (κ2) is 8.22. The molecule has 0 aliphatic carbocycles. The summed E-state index contributed by atoms with van der Waals surface area (Å²) in [7, 11) is 3.02. The lowest BCUT2D eigenvalue weighted by Crippen LogP contribution is -2.14. The van der Waals surface area contributed by atoms with E-state index in [0.717, 1.165) is 5.56 Å². The molecule has 2 aromatic carbocycles. The standard InChI is InChI=1S/C19H17ClN2O3/c1-12-9-15(20)7-8-16(12)22-19(23)14(11-21)10-13-5-4-6-17(24-2)18(13)25-3/h4-10H,1-3H3,(H,22,23)/b14-10+. The molecule has 0 fully saturated rings. The topological polar surface area (TPSA) is 71.3 Å². The first-order chi connectivity index (χ1) is 12.0. The van der Waals surface area contributed by atoms with Crippen LogP contribution in [-0.2, 0) is 4.79 Å². The summed E-state index contributed by atoms with van der Waals surface area (Å²) in [5.74, 6) is 0.452. The number of ether oxygens (including phenoxy) is 2. The van der Waals surface area contributed by atoms with Crippen molar-refractivity contribution in [3.63, 3.8) is 0 Å². The Morgan fingerprint density at radius 1 is 1.24 bits per heavy atom. The summed E-state index contributed by atoms with van der Waals surface area (Å²) in [6.45, 7) is 1.82. The predicted octanol–water partition coefficient (Wildman–Crippen LogP) is 4.21. The average Bonchev–Trinajstić information content (AvgIpc) is 2.61. The third-order valence-electron chi connectivity index (χ3n) is 3.53. The van der Waals surface area contributed by atoms with E-state index in [-0.39, 0.29) is 5.57 Å². The highest BCUT2D eigenvalue weighted by molar-refractivity contribution is 6.30. The Hall–Kier alpha value is -2.97. The Morgan fingerprint density at radius 3 is 2.60 bits per heavy atom. The number of hydrogen-bond acceptors (Lipinski definition) is 4. The second-order valence-corrected chi connectivity index (χ2v) is 5.60. The number of rotatable bonds is 5. The molecule has 6 heteroatoms. The number of nitriles is 1. The lowest BCUT2D eigenvalue weighted by atomic mass is 10.1. The minimum atomic E-state index is -0.516. The first-order valence-corrected chi connectivity index (χ1v) is 7.78. The van der Waals surface area contributed by atoms with Crippen LogP contribution in [0.25, 0.3) is 6.08 Å². The molecule has 0 unspecified atom stereocenters. The van der Waals surface area contributed by atoms with Gasteiger partial charge in [-0.3, -0.25) is 4.79 Å². The second-order valence-electron chi connectivity index (χ2n) is 5.17.